The average Bonchev–Trinajstić information content (AvgIpc) is 2.79. The van der Waals surface area contributed by atoms with Gasteiger partial charge in [-0.2, -0.15) is 13.2 Å². The molecule has 0 spiro atoms. The van der Waals surface area contributed by atoms with Gasteiger partial charge in [0.15, 0.2) is 9.84 Å². The third-order valence-electron chi connectivity index (χ3n) is 3.39. The van der Waals surface area contributed by atoms with Crippen LogP contribution in [0, 0.1) is 0 Å². The number of benzene rings is 1. The van der Waals surface area contributed by atoms with Gasteiger partial charge in [-0.15, -0.1) is 0 Å². The number of nitrogens with zero attached hydrogens (tertiary/aromatic N) is 1. The van der Waals surface area contributed by atoms with Crippen LogP contribution in [0.4, 0.5) is 18.9 Å². The zero-order valence-corrected chi connectivity index (χ0v) is 12.4. The first-order chi connectivity index (χ1) is 10.1. The molecule has 122 valence electrons. The first kappa shape index (κ1) is 16.6. The van der Waals surface area contributed by atoms with Crippen LogP contribution < -0.4 is 9.64 Å². The van der Waals surface area contributed by atoms with Gasteiger partial charge in [0.05, 0.1) is 24.7 Å². The molecule has 1 amide bonds. The summed E-state index contributed by atoms with van der Waals surface area (Å²) in [6, 6.07) is 4.40. The number of amides is 1. The molecule has 1 aromatic carbocycles. The molecule has 0 bridgehead atoms. The summed E-state index contributed by atoms with van der Waals surface area (Å²) in [4.78, 5) is 12.2. The van der Waals surface area contributed by atoms with E-state index in [0.29, 0.717) is 10.6 Å². The molecular formula is C13H14F3NO4S. The molecule has 1 saturated heterocycles. The molecule has 2 rings (SSSR count). The minimum atomic E-state index is -5.08. The summed E-state index contributed by atoms with van der Waals surface area (Å²) in [6.45, 7) is 0. The summed E-state index contributed by atoms with van der Waals surface area (Å²) in [7, 11) is -2.03. The molecule has 0 unspecified atom stereocenters. The van der Waals surface area contributed by atoms with Gasteiger partial charge in [0.2, 0.25) is 0 Å². The van der Waals surface area contributed by atoms with Crippen LogP contribution in [-0.4, -0.2) is 45.2 Å². The van der Waals surface area contributed by atoms with E-state index in [0.717, 1.165) is 0 Å². The third kappa shape index (κ3) is 3.52. The van der Waals surface area contributed by atoms with Gasteiger partial charge in [-0.25, -0.2) is 8.42 Å². The van der Waals surface area contributed by atoms with E-state index in [1.54, 1.807) is 0 Å². The number of ether oxygens (including phenoxy) is 1. The second kappa shape index (κ2) is 5.79. The maximum Gasteiger partial charge on any atom is 0.471 e. The van der Waals surface area contributed by atoms with Crippen molar-refractivity contribution in [2.75, 3.05) is 23.5 Å². The Hall–Kier alpha value is -1.77. The highest BCUT2D eigenvalue weighted by Crippen LogP contribution is 2.30. The zero-order chi connectivity index (χ0) is 16.5. The summed E-state index contributed by atoms with van der Waals surface area (Å²) in [5, 5.41) is 0. The Morgan fingerprint density at radius 2 is 1.86 bits per heavy atom. The number of anilines is 1. The van der Waals surface area contributed by atoms with Gasteiger partial charge < -0.3 is 9.64 Å². The van der Waals surface area contributed by atoms with Gasteiger partial charge in [0, 0.05) is 5.69 Å². The molecule has 0 N–H and O–H groups in total. The number of alkyl halides is 3. The molecule has 1 aliphatic heterocycles. The normalized spacial score (nSPS) is 20.6. The van der Waals surface area contributed by atoms with Crippen molar-refractivity contribution in [2.45, 2.75) is 18.6 Å². The Labute approximate surface area is 125 Å². The minimum Gasteiger partial charge on any atom is -0.497 e. The maximum atomic E-state index is 12.8. The first-order valence-electron chi connectivity index (χ1n) is 6.39. The summed E-state index contributed by atoms with van der Waals surface area (Å²) in [6.07, 6.45) is -5.09. The predicted octanol–water partition coefficient (Wildman–Crippen LogP) is 1.78. The minimum absolute atomic E-state index is 0.00905. The van der Waals surface area contributed by atoms with Gasteiger partial charge >= 0.3 is 12.1 Å². The Kier molecular flexibility index (Phi) is 4.37. The molecule has 0 aromatic heterocycles. The van der Waals surface area contributed by atoms with Crippen molar-refractivity contribution in [3.8, 4) is 5.75 Å². The van der Waals surface area contributed by atoms with Crippen LogP contribution in [0.2, 0.25) is 0 Å². The topological polar surface area (TPSA) is 63.7 Å². The molecule has 5 nitrogen and oxygen atoms in total. The molecule has 0 saturated carbocycles. The van der Waals surface area contributed by atoms with Gasteiger partial charge in [-0.1, -0.05) is 0 Å². The Morgan fingerprint density at radius 3 is 2.27 bits per heavy atom. The summed E-state index contributed by atoms with van der Waals surface area (Å²) >= 11 is 0. The number of rotatable bonds is 3. The summed E-state index contributed by atoms with van der Waals surface area (Å²) < 4.78 is 66.4. The van der Waals surface area contributed by atoms with E-state index in [4.69, 9.17) is 4.74 Å². The van der Waals surface area contributed by atoms with E-state index in [9.17, 15) is 26.4 Å². The van der Waals surface area contributed by atoms with Crippen molar-refractivity contribution in [2.24, 2.45) is 0 Å². The van der Waals surface area contributed by atoms with Crippen LogP contribution in [0.15, 0.2) is 24.3 Å². The zero-order valence-electron chi connectivity index (χ0n) is 11.6. The largest absolute Gasteiger partial charge is 0.497 e. The fraction of sp³-hybridized carbons (Fsp3) is 0.462. The fourth-order valence-electron chi connectivity index (χ4n) is 2.35. The summed E-state index contributed by atoms with van der Waals surface area (Å²) in [5.41, 5.74) is -0.00905. The van der Waals surface area contributed by atoms with Crippen LogP contribution in [0.3, 0.4) is 0 Å². The van der Waals surface area contributed by atoms with Crippen LogP contribution >= 0.6 is 0 Å². The van der Waals surface area contributed by atoms with Crippen LogP contribution in [0.5, 0.6) is 5.75 Å². The second-order valence-electron chi connectivity index (χ2n) is 4.93. The highest BCUT2D eigenvalue weighted by atomic mass is 32.2. The van der Waals surface area contributed by atoms with Gasteiger partial charge in [-0.05, 0) is 30.7 Å². The number of sulfone groups is 1. The quantitative estimate of drug-likeness (QED) is 0.843. The molecular weight excluding hydrogens is 323 g/mol. The highest BCUT2D eigenvalue weighted by Gasteiger charge is 2.47. The van der Waals surface area contributed by atoms with E-state index >= 15 is 0 Å². The predicted molar refractivity (Wildman–Crippen MR) is 73.6 cm³/mol. The Balaban J connectivity index is 2.39. The lowest BCUT2D eigenvalue weighted by Crippen LogP contribution is -2.48. The van der Waals surface area contributed by atoms with E-state index in [2.05, 4.69) is 0 Å². The number of halogens is 3. The molecule has 22 heavy (non-hydrogen) atoms. The standard InChI is InChI=1S/C13H14F3NO4S/c1-21-11-4-2-9(3-5-11)17(12(18)13(14,15)16)10-6-7-22(19,20)8-10/h2-5,10H,6-8H2,1H3/t10-/m1/s1. The lowest BCUT2D eigenvalue weighted by atomic mass is 10.1. The van der Waals surface area contributed by atoms with Crippen LogP contribution in [-0.2, 0) is 14.6 Å². The number of hydrogen-bond acceptors (Lipinski definition) is 4. The van der Waals surface area contributed by atoms with Crippen LogP contribution in [0.25, 0.3) is 0 Å². The molecule has 0 radical (unpaired) electrons. The van der Waals surface area contributed by atoms with E-state index < -0.39 is 33.7 Å². The first-order valence-corrected chi connectivity index (χ1v) is 8.21. The third-order valence-corrected chi connectivity index (χ3v) is 5.14. The summed E-state index contributed by atoms with van der Waals surface area (Å²) in [5.74, 6) is -2.35. The Bertz CT molecular complexity index is 655. The number of methoxy groups -OCH3 is 1. The van der Waals surface area contributed by atoms with Crippen molar-refractivity contribution in [1.82, 2.24) is 0 Å². The number of carbonyl (C=O) groups is 1. The van der Waals surface area contributed by atoms with Gasteiger partial charge in [-0.3, -0.25) is 4.79 Å². The van der Waals surface area contributed by atoms with Crippen molar-refractivity contribution >= 4 is 21.4 Å². The average molecular weight is 337 g/mol. The Morgan fingerprint density at radius 1 is 1.27 bits per heavy atom. The lowest BCUT2D eigenvalue weighted by Gasteiger charge is -2.29. The lowest BCUT2D eigenvalue weighted by molar-refractivity contribution is -0.170. The highest BCUT2D eigenvalue weighted by molar-refractivity contribution is 7.91. The second-order valence-corrected chi connectivity index (χ2v) is 7.16. The van der Waals surface area contributed by atoms with E-state index in [1.165, 1.54) is 31.4 Å². The molecule has 1 aliphatic rings. The maximum absolute atomic E-state index is 12.8. The van der Waals surface area contributed by atoms with Gasteiger partial charge in [0.25, 0.3) is 0 Å². The number of carbonyl (C=O) groups excluding carboxylic acids is 1. The molecule has 9 heteroatoms. The molecule has 1 aromatic rings. The van der Waals surface area contributed by atoms with E-state index in [1.807, 2.05) is 0 Å². The van der Waals surface area contributed by atoms with Crippen molar-refractivity contribution < 1.29 is 31.1 Å². The smallest absolute Gasteiger partial charge is 0.471 e. The van der Waals surface area contributed by atoms with Gasteiger partial charge in [0.1, 0.15) is 5.75 Å². The van der Waals surface area contributed by atoms with Crippen molar-refractivity contribution in [3.05, 3.63) is 24.3 Å². The molecule has 1 heterocycles. The van der Waals surface area contributed by atoms with Crippen LogP contribution in [0.1, 0.15) is 6.42 Å². The van der Waals surface area contributed by atoms with E-state index in [-0.39, 0.29) is 17.9 Å². The molecule has 1 atom stereocenters. The number of hydrogen-bond donors (Lipinski definition) is 0. The SMILES string of the molecule is COc1ccc(N(C(=O)C(F)(F)F)[C@@H]2CCS(=O)(=O)C2)cc1. The fourth-order valence-corrected chi connectivity index (χ4v) is 4.05. The molecule has 0 aliphatic carbocycles. The van der Waals surface area contributed by atoms with Crippen molar-refractivity contribution in [1.29, 1.82) is 0 Å². The molecule has 1 fully saturated rings. The van der Waals surface area contributed by atoms with Crippen molar-refractivity contribution in [3.63, 3.8) is 0 Å². The monoisotopic (exact) mass is 337 g/mol.